The molecule has 1 aromatic heterocycles. The Morgan fingerprint density at radius 2 is 1.58 bits per heavy atom. The van der Waals surface area contributed by atoms with Gasteiger partial charge in [-0.2, -0.15) is 13.2 Å². The molecule has 0 saturated heterocycles. The SMILES string of the molecule is O=[N+]([O-])c1cc(-c2ncc(C(F)(F)F)cc2Cl)cc([N+](=O)[O-])c1O. The fourth-order valence-corrected chi connectivity index (χ4v) is 2.10. The molecule has 0 spiro atoms. The van der Waals surface area contributed by atoms with Crippen molar-refractivity contribution in [1.29, 1.82) is 0 Å². The van der Waals surface area contributed by atoms with Gasteiger partial charge in [-0.15, -0.1) is 0 Å². The Morgan fingerprint density at radius 1 is 1.08 bits per heavy atom. The maximum atomic E-state index is 12.6. The van der Waals surface area contributed by atoms with E-state index in [9.17, 15) is 38.5 Å². The molecule has 0 fully saturated rings. The van der Waals surface area contributed by atoms with Gasteiger partial charge >= 0.3 is 17.6 Å². The van der Waals surface area contributed by atoms with Crippen molar-refractivity contribution in [1.82, 2.24) is 4.98 Å². The largest absolute Gasteiger partial charge is 0.497 e. The van der Waals surface area contributed by atoms with Gasteiger partial charge in [-0.05, 0) is 6.07 Å². The molecule has 0 radical (unpaired) electrons. The lowest BCUT2D eigenvalue weighted by atomic mass is 10.1. The second-order valence-electron chi connectivity index (χ2n) is 4.43. The van der Waals surface area contributed by atoms with Crippen LogP contribution in [0, 0.1) is 20.2 Å². The van der Waals surface area contributed by atoms with Crippen molar-refractivity contribution in [3.63, 3.8) is 0 Å². The first-order chi connectivity index (χ1) is 11.0. The van der Waals surface area contributed by atoms with E-state index in [0.717, 1.165) is 12.1 Å². The Morgan fingerprint density at radius 3 is 1.96 bits per heavy atom. The van der Waals surface area contributed by atoms with Gasteiger partial charge in [-0.25, -0.2) is 0 Å². The molecule has 2 rings (SSSR count). The number of phenolic OH excluding ortho intramolecular Hbond substituents is 1. The number of alkyl halides is 3. The minimum Gasteiger partial charge on any atom is -0.497 e. The van der Waals surface area contributed by atoms with Crippen LogP contribution in [0.3, 0.4) is 0 Å². The molecule has 0 bridgehead atoms. The maximum absolute atomic E-state index is 12.6. The zero-order valence-corrected chi connectivity index (χ0v) is 12.0. The number of hydrogen-bond donors (Lipinski definition) is 1. The van der Waals surface area contributed by atoms with Crippen LogP contribution in [0.2, 0.25) is 5.02 Å². The lowest BCUT2D eigenvalue weighted by Crippen LogP contribution is -2.06. The second-order valence-corrected chi connectivity index (χ2v) is 4.84. The van der Waals surface area contributed by atoms with Gasteiger partial charge in [0.1, 0.15) is 0 Å². The van der Waals surface area contributed by atoms with Crippen molar-refractivity contribution in [2.45, 2.75) is 6.18 Å². The van der Waals surface area contributed by atoms with E-state index >= 15 is 0 Å². The van der Waals surface area contributed by atoms with Crippen LogP contribution < -0.4 is 0 Å². The third-order valence-electron chi connectivity index (χ3n) is 2.91. The van der Waals surface area contributed by atoms with Gasteiger partial charge in [0.05, 0.1) is 26.1 Å². The zero-order valence-electron chi connectivity index (χ0n) is 11.2. The summed E-state index contributed by atoms with van der Waals surface area (Å²) in [6, 6.07) is 1.99. The molecular weight excluding hydrogens is 359 g/mol. The van der Waals surface area contributed by atoms with Gasteiger partial charge < -0.3 is 5.11 Å². The second kappa shape index (κ2) is 5.92. The number of phenols is 1. The Labute approximate surface area is 135 Å². The van der Waals surface area contributed by atoms with Gasteiger partial charge in [0.2, 0.25) is 0 Å². The molecule has 1 N–H and O–H groups in total. The Bertz CT molecular complexity index is 821. The van der Waals surface area contributed by atoms with Crippen LogP contribution in [0.25, 0.3) is 11.3 Å². The third-order valence-corrected chi connectivity index (χ3v) is 3.19. The van der Waals surface area contributed by atoms with E-state index in [0.29, 0.717) is 12.3 Å². The van der Waals surface area contributed by atoms with E-state index in [2.05, 4.69) is 4.98 Å². The standard InChI is InChI=1S/C12H5ClF3N3O5/c13-7-3-6(12(14,15)16)4-17-10(7)5-1-8(18(21)22)11(20)9(2-5)19(23)24/h1-4,20H. The predicted octanol–water partition coefficient (Wildman–Crippen LogP) is 3.94. The first-order valence-electron chi connectivity index (χ1n) is 5.91. The molecule has 1 aromatic carbocycles. The number of benzene rings is 1. The van der Waals surface area contributed by atoms with E-state index in [-0.39, 0.29) is 11.3 Å². The van der Waals surface area contributed by atoms with Crippen LogP contribution in [0.4, 0.5) is 24.5 Å². The first kappa shape index (κ1) is 17.4. The van der Waals surface area contributed by atoms with Gasteiger partial charge in [0.25, 0.3) is 5.75 Å². The molecule has 0 aliphatic carbocycles. The number of aromatic hydroxyl groups is 1. The first-order valence-corrected chi connectivity index (χ1v) is 6.29. The highest BCUT2D eigenvalue weighted by Crippen LogP contribution is 2.41. The molecule has 1 heterocycles. The Balaban J connectivity index is 2.69. The highest BCUT2D eigenvalue weighted by molar-refractivity contribution is 6.33. The molecule has 0 unspecified atom stereocenters. The maximum Gasteiger partial charge on any atom is 0.417 e. The van der Waals surface area contributed by atoms with Crippen LogP contribution in [-0.4, -0.2) is 19.9 Å². The van der Waals surface area contributed by atoms with Crippen LogP contribution in [-0.2, 0) is 6.18 Å². The fourth-order valence-electron chi connectivity index (χ4n) is 1.82. The lowest BCUT2D eigenvalue weighted by molar-refractivity contribution is -0.396. The summed E-state index contributed by atoms with van der Waals surface area (Å²) < 4.78 is 37.8. The van der Waals surface area contributed by atoms with Crippen LogP contribution in [0.15, 0.2) is 24.4 Å². The lowest BCUT2D eigenvalue weighted by Gasteiger charge is -2.09. The summed E-state index contributed by atoms with van der Waals surface area (Å²) in [6.45, 7) is 0. The zero-order chi connectivity index (χ0) is 18.2. The predicted molar refractivity (Wildman–Crippen MR) is 74.7 cm³/mol. The third kappa shape index (κ3) is 3.20. The van der Waals surface area contributed by atoms with Gasteiger partial charge in [-0.3, -0.25) is 25.2 Å². The summed E-state index contributed by atoms with van der Waals surface area (Å²) in [6.07, 6.45) is -4.27. The molecule has 0 atom stereocenters. The molecular formula is C12H5ClF3N3O5. The summed E-state index contributed by atoms with van der Waals surface area (Å²) in [5.74, 6) is -1.18. The normalized spacial score (nSPS) is 11.3. The van der Waals surface area contributed by atoms with Crippen molar-refractivity contribution in [3.8, 4) is 17.0 Å². The molecule has 0 aliphatic heterocycles. The Hall–Kier alpha value is -2.95. The number of nitro groups is 2. The summed E-state index contributed by atoms with van der Waals surface area (Å²) >= 11 is 5.71. The number of hydrogen-bond acceptors (Lipinski definition) is 6. The van der Waals surface area contributed by atoms with Crippen LogP contribution in [0.5, 0.6) is 5.75 Å². The number of halogens is 4. The monoisotopic (exact) mass is 363 g/mol. The summed E-state index contributed by atoms with van der Waals surface area (Å²) in [5.41, 5.74) is -3.78. The van der Waals surface area contributed by atoms with Crippen molar-refractivity contribution >= 4 is 23.0 Å². The van der Waals surface area contributed by atoms with Gasteiger partial charge in [-0.1, -0.05) is 11.6 Å². The van der Waals surface area contributed by atoms with E-state index in [4.69, 9.17) is 11.6 Å². The van der Waals surface area contributed by atoms with Crippen molar-refractivity contribution in [2.75, 3.05) is 0 Å². The molecule has 0 aliphatic rings. The van der Waals surface area contributed by atoms with E-state index < -0.39 is 43.7 Å². The molecule has 8 nitrogen and oxygen atoms in total. The minimum atomic E-state index is -4.71. The fraction of sp³-hybridized carbons (Fsp3) is 0.0833. The van der Waals surface area contributed by atoms with Gasteiger partial charge in [0, 0.05) is 23.9 Å². The number of nitro benzene ring substituents is 2. The topological polar surface area (TPSA) is 119 Å². The highest BCUT2D eigenvalue weighted by Gasteiger charge is 2.32. The molecule has 126 valence electrons. The number of rotatable bonds is 3. The molecule has 24 heavy (non-hydrogen) atoms. The van der Waals surface area contributed by atoms with Crippen LogP contribution >= 0.6 is 11.6 Å². The van der Waals surface area contributed by atoms with Crippen LogP contribution in [0.1, 0.15) is 5.56 Å². The van der Waals surface area contributed by atoms with E-state index in [1.54, 1.807) is 0 Å². The summed E-state index contributed by atoms with van der Waals surface area (Å²) in [5, 5.41) is 30.8. The van der Waals surface area contributed by atoms with Crippen molar-refractivity contribution < 1.29 is 28.1 Å². The smallest absolute Gasteiger partial charge is 0.417 e. The summed E-state index contributed by atoms with van der Waals surface area (Å²) in [7, 11) is 0. The summed E-state index contributed by atoms with van der Waals surface area (Å²) in [4.78, 5) is 23.1. The number of nitrogens with zero attached hydrogens (tertiary/aromatic N) is 3. The number of aromatic nitrogens is 1. The van der Waals surface area contributed by atoms with E-state index in [1.165, 1.54) is 0 Å². The molecule has 0 amide bonds. The average molecular weight is 364 g/mol. The molecule has 2 aromatic rings. The van der Waals surface area contributed by atoms with Crippen molar-refractivity contribution in [2.24, 2.45) is 0 Å². The minimum absolute atomic E-state index is 0.287. The van der Waals surface area contributed by atoms with Crippen molar-refractivity contribution in [3.05, 3.63) is 55.2 Å². The average Bonchev–Trinajstić information content (AvgIpc) is 2.46. The molecule has 0 saturated carbocycles. The van der Waals surface area contributed by atoms with Gasteiger partial charge in [0.15, 0.2) is 0 Å². The molecule has 12 heteroatoms. The Kier molecular flexibility index (Phi) is 4.30. The quantitative estimate of drug-likeness (QED) is 0.651. The highest BCUT2D eigenvalue weighted by atomic mass is 35.5. The number of pyridine rings is 1. The van der Waals surface area contributed by atoms with E-state index in [1.807, 2.05) is 0 Å².